The molecule has 0 radical (unpaired) electrons. The Bertz CT molecular complexity index is 1390. The number of rotatable bonds is 7. The average Bonchev–Trinajstić information content (AvgIpc) is 3.35. The van der Waals surface area contributed by atoms with Crippen LogP contribution in [0.5, 0.6) is 17.2 Å². The van der Waals surface area contributed by atoms with E-state index in [1.165, 1.54) is 0 Å². The van der Waals surface area contributed by atoms with Crippen LogP contribution < -0.4 is 30.4 Å². The van der Waals surface area contributed by atoms with Gasteiger partial charge in [0.25, 0.3) is 0 Å². The van der Waals surface area contributed by atoms with Crippen LogP contribution in [0.4, 0.5) is 0 Å². The first-order valence-electron chi connectivity index (χ1n) is 13.3. The Morgan fingerprint density at radius 1 is 0.872 bits per heavy atom. The van der Waals surface area contributed by atoms with Crippen LogP contribution in [0.3, 0.4) is 0 Å². The molecule has 0 saturated carbocycles. The lowest BCUT2D eigenvalue weighted by Crippen LogP contribution is -2.51. The molecule has 3 aliphatic rings. The fraction of sp³-hybridized carbons (Fsp3) is 0.323. The standard InChI is InChI=1S/C31H33N3O5/c1-37-25-12-11-19(16-26(25)38-2)21-14-23-28(24(35)15-21)27(29-30(32-23)33-34-31(29)36)20-9-6-10-22(13-20)39-17-18-7-4-3-5-8-18/h3-13,16,21,27,29-34,36H,14-15,17H2,1-2H3/t21-,27-,29?,30?,31?/m1/s1. The highest BCUT2D eigenvalue weighted by Gasteiger charge is 2.49. The first kappa shape index (κ1) is 25.4. The number of ketones is 1. The van der Waals surface area contributed by atoms with E-state index < -0.39 is 6.23 Å². The number of nitrogens with one attached hydrogen (secondary N) is 3. The van der Waals surface area contributed by atoms with Crippen molar-refractivity contribution in [3.05, 3.63) is 101 Å². The predicted octanol–water partition coefficient (Wildman–Crippen LogP) is 3.74. The molecule has 1 fully saturated rings. The SMILES string of the molecule is COc1ccc([C@H]2CC(=O)C3=C(C2)NC2NNC(O)C2[C@@H]3c2cccc(OCc3ccccc3)c2)cc1OC. The Morgan fingerprint density at radius 3 is 2.49 bits per heavy atom. The zero-order valence-electron chi connectivity index (χ0n) is 22.0. The minimum absolute atomic E-state index is 0.000539. The van der Waals surface area contributed by atoms with Gasteiger partial charge in [-0.25, -0.2) is 10.9 Å². The summed E-state index contributed by atoms with van der Waals surface area (Å²) in [6, 6.07) is 23.8. The summed E-state index contributed by atoms with van der Waals surface area (Å²) < 4.78 is 17.0. The summed E-state index contributed by atoms with van der Waals surface area (Å²) in [5, 5.41) is 14.4. The van der Waals surface area contributed by atoms with Crippen LogP contribution in [0.15, 0.2) is 84.1 Å². The largest absolute Gasteiger partial charge is 0.493 e. The summed E-state index contributed by atoms with van der Waals surface area (Å²) in [6.45, 7) is 0.453. The molecule has 0 amide bonds. The Balaban J connectivity index is 1.33. The van der Waals surface area contributed by atoms with Crippen molar-refractivity contribution in [3.8, 4) is 17.2 Å². The number of allylic oxidation sites excluding steroid dienone is 2. The van der Waals surface area contributed by atoms with Gasteiger partial charge in [0.1, 0.15) is 18.6 Å². The van der Waals surface area contributed by atoms with Crippen LogP contribution in [0.25, 0.3) is 0 Å². The van der Waals surface area contributed by atoms with E-state index in [-0.39, 0.29) is 29.7 Å². The van der Waals surface area contributed by atoms with Crippen LogP contribution in [-0.2, 0) is 11.4 Å². The van der Waals surface area contributed by atoms with Crippen LogP contribution in [0.1, 0.15) is 41.4 Å². The van der Waals surface area contributed by atoms with Crippen LogP contribution in [0.2, 0.25) is 0 Å². The molecule has 8 heteroatoms. The van der Waals surface area contributed by atoms with Crippen molar-refractivity contribution in [2.45, 2.75) is 43.7 Å². The molecule has 3 unspecified atom stereocenters. The number of fused-ring (bicyclic) bond motifs is 1. The van der Waals surface area contributed by atoms with Crippen molar-refractivity contribution in [2.24, 2.45) is 5.92 Å². The zero-order chi connectivity index (χ0) is 26.9. The fourth-order valence-corrected chi connectivity index (χ4v) is 6.14. The van der Waals surface area contributed by atoms with Crippen molar-refractivity contribution in [2.75, 3.05) is 14.2 Å². The Labute approximate surface area is 227 Å². The summed E-state index contributed by atoms with van der Waals surface area (Å²) in [5.74, 6) is 1.56. The van der Waals surface area contributed by atoms with Gasteiger partial charge in [0.15, 0.2) is 17.3 Å². The second kappa shape index (κ2) is 10.7. The monoisotopic (exact) mass is 527 g/mol. The first-order valence-corrected chi connectivity index (χ1v) is 13.3. The number of ether oxygens (including phenoxy) is 3. The Morgan fingerprint density at radius 2 is 1.69 bits per heavy atom. The topological polar surface area (TPSA) is 101 Å². The smallest absolute Gasteiger partial charge is 0.161 e. The number of carbonyl (C=O) groups is 1. The van der Waals surface area contributed by atoms with Gasteiger partial charge >= 0.3 is 0 Å². The molecule has 0 spiro atoms. The molecule has 4 N–H and O–H groups in total. The molecule has 8 nitrogen and oxygen atoms in total. The number of carbonyl (C=O) groups excluding carboxylic acids is 1. The quantitative estimate of drug-likeness (QED) is 0.369. The van der Waals surface area contributed by atoms with Gasteiger partial charge in [0.05, 0.1) is 20.4 Å². The van der Waals surface area contributed by atoms with Crippen molar-refractivity contribution < 1.29 is 24.1 Å². The summed E-state index contributed by atoms with van der Waals surface area (Å²) in [4.78, 5) is 13.9. The molecular formula is C31H33N3O5. The molecule has 1 saturated heterocycles. The second-order valence-corrected chi connectivity index (χ2v) is 10.3. The van der Waals surface area contributed by atoms with Gasteiger partial charge in [0, 0.05) is 29.5 Å². The first-order chi connectivity index (χ1) is 19.1. The normalized spacial score (nSPS) is 25.9. The average molecular weight is 528 g/mol. The number of Topliss-reactive ketones (excluding diaryl/α,β-unsaturated/α-hetero) is 1. The molecule has 3 aromatic carbocycles. The summed E-state index contributed by atoms with van der Waals surface area (Å²) in [5.41, 5.74) is 10.9. The van der Waals surface area contributed by atoms with E-state index in [1.54, 1.807) is 14.2 Å². The lowest BCUT2D eigenvalue weighted by atomic mass is 9.69. The third kappa shape index (κ3) is 4.87. The molecule has 6 rings (SSSR count). The number of hydrogen-bond donors (Lipinski definition) is 4. The highest BCUT2D eigenvalue weighted by molar-refractivity contribution is 5.99. The summed E-state index contributed by atoms with van der Waals surface area (Å²) in [6.07, 6.45) is 0.0185. The van der Waals surface area contributed by atoms with Crippen molar-refractivity contribution in [1.82, 2.24) is 16.2 Å². The summed E-state index contributed by atoms with van der Waals surface area (Å²) >= 11 is 0. The number of aliphatic hydroxyl groups is 1. The molecule has 2 aliphatic heterocycles. The maximum Gasteiger partial charge on any atom is 0.161 e. The van der Waals surface area contributed by atoms with Gasteiger partial charge in [0.2, 0.25) is 0 Å². The van der Waals surface area contributed by atoms with Gasteiger partial charge in [-0.15, -0.1) is 0 Å². The minimum Gasteiger partial charge on any atom is -0.493 e. The minimum atomic E-state index is -0.813. The number of hydrogen-bond acceptors (Lipinski definition) is 8. The highest BCUT2D eigenvalue weighted by atomic mass is 16.5. The van der Waals surface area contributed by atoms with Crippen molar-refractivity contribution in [3.63, 3.8) is 0 Å². The number of aliphatic hydroxyl groups excluding tert-OH is 1. The van der Waals surface area contributed by atoms with Crippen LogP contribution in [0, 0.1) is 5.92 Å². The molecule has 1 aliphatic carbocycles. The maximum atomic E-state index is 13.9. The van der Waals surface area contributed by atoms with Gasteiger partial charge < -0.3 is 24.6 Å². The molecule has 3 aromatic rings. The van der Waals surface area contributed by atoms with Gasteiger partial charge in [-0.05, 0) is 53.3 Å². The van der Waals surface area contributed by atoms with Crippen molar-refractivity contribution in [1.29, 1.82) is 0 Å². The third-order valence-electron chi connectivity index (χ3n) is 8.01. The lowest BCUT2D eigenvalue weighted by molar-refractivity contribution is -0.117. The van der Waals surface area contributed by atoms with Gasteiger partial charge in [-0.1, -0.05) is 48.5 Å². The van der Waals surface area contributed by atoms with Crippen LogP contribution >= 0.6 is 0 Å². The molecule has 2 heterocycles. The Hall–Kier alpha value is -3.85. The van der Waals surface area contributed by atoms with Crippen molar-refractivity contribution >= 4 is 5.78 Å². The van der Waals surface area contributed by atoms with E-state index in [0.29, 0.717) is 30.9 Å². The predicted molar refractivity (Wildman–Crippen MR) is 146 cm³/mol. The molecule has 202 valence electrons. The van der Waals surface area contributed by atoms with Gasteiger partial charge in [-0.2, -0.15) is 0 Å². The second-order valence-electron chi connectivity index (χ2n) is 10.3. The van der Waals surface area contributed by atoms with E-state index in [4.69, 9.17) is 14.2 Å². The number of hydrazine groups is 1. The van der Waals surface area contributed by atoms with E-state index >= 15 is 0 Å². The van der Waals surface area contributed by atoms with E-state index in [0.717, 1.165) is 33.7 Å². The maximum absolute atomic E-state index is 13.9. The number of methoxy groups -OCH3 is 2. The molecule has 5 atom stereocenters. The molecular weight excluding hydrogens is 494 g/mol. The summed E-state index contributed by atoms with van der Waals surface area (Å²) in [7, 11) is 3.23. The molecule has 0 bridgehead atoms. The van der Waals surface area contributed by atoms with E-state index in [9.17, 15) is 9.90 Å². The Kier molecular flexibility index (Phi) is 6.99. The molecule has 0 aromatic heterocycles. The van der Waals surface area contributed by atoms with E-state index in [2.05, 4.69) is 16.2 Å². The van der Waals surface area contributed by atoms with Crippen LogP contribution in [-0.4, -0.2) is 37.5 Å². The number of benzene rings is 3. The zero-order valence-corrected chi connectivity index (χ0v) is 22.0. The van der Waals surface area contributed by atoms with Gasteiger partial charge in [-0.3, -0.25) is 4.79 Å². The highest BCUT2D eigenvalue weighted by Crippen LogP contribution is 2.48. The fourth-order valence-electron chi connectivity index (χ4n) is 6.14. The molecule has 39 heavy (non-hydrogen) atoms. The lowest BCUT2D eigenvalue weighted by Gasteiger charge is -2.42. The van der Waals surface area contributed by atoms with E-state index in [1.807, 2.05) is 72.8 Å². The third-order valence-corrected chi connectivity index (χ3v) is 8.01.